The number of rotatable bonds is 10. The van der Waals surface area contributed by atoms with E-state index in [1.807, 2.05) is 0 Å². The first kappa shape index (κ1) is 28.2. The number of benzene rings is 1. The van der Waals surface area contributed by atoms with Crippen LogP contribution < -0.4 is 16.0 Å². The standard InChI is InChI=1S/C26H28F5N5O3/c1-3-36-22(18(28)11-33-36)25(39)35-21(20(14-4-5-14)15-6-7-15)24(38)34-19-9-8-16(10-17(19)27)13(2)23(37)32-12-26(29,30)31/h8-11,13-14,21H,3-7,12H2,1-2H3,(H,32,37)(H,34,38)(H,35,39)/t13-,21-/m0/s1. The largest absolute Gasteiger partial charge is 0.405 e. The SMILES string of the molecule is CCn1ncc(F)c1C(=O)N[C@H](C(=O)Nc1ccc([C@H](C)C(=O)NCC(F)(F)F)cc1F)C(=C1CC1)C1CC1. The van der Waals surface area contributed by atoms with Crippen molar-refractivity contribution in [3.63, 3.8) is 0 Å². The van der Waals surface area contributed by atoms with E-state index in [1.165, 1.54) is 23.7 Å². The van der Waals surface area contributed by atoms with E-state index < -0.39 is 54.0 Å². The number of alkyl halides is 3. The predicted molar refractivity (Wildman–Crippen MR) is 131 cm³/mol. The van der Waals surface area contributed by atoms with Gasteiger partial charge < -0.3 is 16.0 Å². The third-order valence-corrected chi connectivity index (χ3v) is 6.69. The number of aromatic nitrogens is 2. The summed E-state index contributed by atoms with van der Waals surface area (Å²) in [6.07, 6.45) is -0.476. The number of allylic oxidation sites excluding steroid dienone is 1. The number of hydrogen-bond donors (Lipinski definition) is 3. The average Bonchev–Trinajstić information content (AvgIpc) is 3.81. The van der Waals surface area contributed by atoms with Crippen molar-refractivity contribution in [2.24, 2.45) is 5.92 Å². The number of nitrogens with one attached hydrogen (secondary N) is 3. The maximum Gasteiger partial charge on any atom is 0.405 e. The molecular weight excluding hydrogens is 525 g/mol. The van der Waals surface area contributed by atoms with Gasteiger partial charge in [0.2, 0.25) is 5.91 Å². The molecule has 4 rings (SSSR count). The molecule has 0 radical (unpaired) electrons. The van der Waals surface area contributed by atoms with Gasteiger partial charge in [0.25, 0.3) is 11.8 Å². The zero-order valence-corrected chi connectivity index (χ0v) is 21.3. The second-order valence-electron chi connectivity index (χ2n) is 9.68. The Kier molecular flexibility index (Phi) is 8.07. The van der Waals surface area contributed by atoms with Gasteiger partial charge in [-0.3, -0.25) is 19.1 Å². The smallest absolute Gasteiger partial charge is 0.346 e. The van der Waals surface area contributed by atoms with E-state index in [-0.39, 0.29) is 29.4 Å². The van der Waals surface area contributed by atoms with Crippen LogP contribution in [0.2, 0.25) is 0 Å². The van der Waals surface area contributed by atoms with E-state index in [1.54, 1.807) is 12.2 Å². The molecule has 1 aromatic heterocycles. The summed E-state index contributed by atoms with van der Waals surface area (Å²) >= 11 is 0. The maximum atomic E-state index is 15.0. The van der Waals surface area contributed by atoms with Gasteiger partial charge in [0.05, 0.1) is 17.8 Å². The van der Waals surface area contributed by atoms with Gasteiger partial charge in [0, 0.05) is 6.54 Å². The van der Waals surface area contributed by atoms with Crippen LogP contribution in [0.15, 0.2) is 35.5 Å². The van der Waals surface area contributed by atoms with Crippen LogP contribution in [0.3, 0.4) is 0 Å². The molecule has 2 fully saturated rings. The van der Waals surface area contributed by atoms with Gasteiger partial charge in [0.1, 0.15) is 18.4 Å². The molecule has 2 aromatic rings. The fourth-order valence-corrected chi connectivity index (χ4v) is 4.38. The van der Waals surface area contributed by atoms with Crippen LogP contribution in [0.5, 0.6) is 0 Å². The van der Waals surface area contributed by atoms with Crippen molar-refractivity contribution >= 4 is 23.4 Å². The number of nitrogens with zero attached hydrogens (tertiary/aromatic N) is 2. The van der Waals surface area contributed by atoms with Crippen molar-refractivity contribution in [1.29, 1.82) is 0 Å². The minimum atomic E-state index is -4.59. The van der Waals surface area contributed by atoms with E-state index in [9.17, 15) is 36.3 Å². The zero-order chi connectivity index (χ0) is 28.5. The first-order valence-corrected chi connectivity index (χ1v) is 12.6. The minimum Gasteiger partial charge on any atom is -0.346 e. The molecule has 0 spiro atoms. The van der Waals surface area contributed by atoms with Crippen LogP contribution in [0, 0.1) is 17.6 Å². The molecule has 1 aromatic carbocycles. The van der Waals surface area contributed by atoms with Gasteiger partial charge >= 0.3 is 6.18 Å². The van der Waals surface area contributed by atoms with Gasteiger partial charge in [-0.05, 0) is 68.7 Å². The van der Waals surface area contributed by atoms with Crippen molar-refractivity contribution < 1.29 is 36.3 Å². The fourth-order valence-electron chi connectivity index (χ4n) is 4.38. The highest BCUT2D eigenvalue weighted by molar-refractivity contribution is 6.02. The van der Waals surface area contributed by atoms with Gasteiger partial charge in [-0.25, -0.2) is 8.78 Å². The molecule has 1 heterocycles. The topological polar surface area (TPSA) is 105 Å². The summed E-state index contributed by atoms with van der Waals surface area (Å²) in [5.74, 6) is -5.24. The number of amides is 3. The van der Waals surface area contributed by atoms with Crippen LogP contribution in [-0.4, -0.2) is 46.3 Å². The highest BCUT2D eigenvalue weighted by atomic mass is 19.4. The number of halogens is 5. The van der Waals surface area contributed by atoms with Crippen molar-refractivity contribution in [2.75, 3.05) is 11.9 Å². The van der Waals surface area contributed by atoms with Crippen molar-refractivity contribution in [2.45, 2.75) is 64.2 Å². The zero-order valence-electron chi connectivity index (χ0n) is 21.3. The van der Waals surface area contributed by atoms with Gasteiger partial charge in [-0.1, -0.05) is 11.6 Å². The lowest BCUT2D eigenvalue weighted by Crippen LogP contribution is -2.46. The highest BCUT2D eigenvalue weighted by Crippen LogP contribution is 2.46. The summed E-state index contributed by atoms with van der Waals surface area (Å²) < 4.78 is 67.7. The van der Waals surface area contributed by atoms with Crippen LogP contribution in [0.4, 0.5) is 27.6 Å². The molecule has 3 amide bonds. The molecule has 2 atom stereocenters. The van der Waals surface area contributed by atoms with E-state index in [2.05, 4.69) is 15.7 Å². The van der Waals surface area contributed by atoms with Gasteiger partial charge in [0.15, 0.2) is 11.5 Å². The molecule has 0 aliphatic heterocycles. The first-order chi connectivity index (χ1) is 18.4. The maximum absolute atomic E-state index is 15.0. The number of anilines is 1. The fraction of sp³-hybridized carbons (Fsp3) is 0.462. The highest BCUT2D eigenvalue weighted by Gasteiger charge is 2.40. The Morgan fingerprint density at radius 1 is 1.10 bits per heavy atom. The van der Waals surface area contributed by atoms with Crippen molar-refractivity contribution in [3.05, 3.63) is 58.4 Å². The average molecular weight is 554 g/mol. The Hall–Kier alpha value is -3.77. The van der Waals surface area contributed by atoms with Crippen LogP contribution in [0.25, 0.3) is 0 Å². The van der Waals surface area contributed by atoms with E-state index in [0.717, 1.165) is 49.1 Å². The Morgan fingerprint density at radius 2 is 1.79 bits per heavy atom. The van der Waals surface area contributed by atoms with Crippen LogP contribution in [0.1, 0.15) is 61.5 Å². The van der Waals surface area contributed by atoms with E-state index in [4.69, 9.17) is 0 Å². The number of carbonyl (C=O) groups excluding carboxylic acids is 3. The molecule has 0 bridgehead atoms. The van der Waals surface area contributed by atoms with Crippen LogP contribution >= 0.6 is 0 Å². The molecular formula is C26H28F5N5O3. The Balaban J connectivity index is 1.53. The molecule has 210 valence electrons. The monoisotopic (exact) mass is 553 g/mol. The summed E-state index contributed by atoms with van der Waals surface area (Å²) in [4.78, 5) is 38.5. The Morgan fingerprint density at radius 3 is 2.36 bits per heavy atom. The van der Waals surface area contributed by atoms with Crippen molar-refractivity contribution in [3.8, 4) is 0 Å². The minimum absolute atomic E-state index is 0.0859. The van der Waals surface area contributed by atoms with E-state index in [0.29, 0.717) is 0 Å². The van der Waals surface area contributed by atoms with Gasteiger partial charge in [-0.15, -0.1) is 0 Å². The van der Waals surface area contributed by atoms with E-state index >= 15 is 0 Å². The molecule has 8 nitrogen and oxygen atoms in total. The summed E-state index contributed by atoms with van der Waals surface area (Å²) in [5.41, 5.74) is 1.32. The Labute approximate surface area is 221 Å². The summed E-state index contributed by atoms with van der Waals surface area (Å²) in [5, 5.41) is 10.6. The summed E-state index contributed by atoms with van der Waals surface area (Å²) in [6.45, 7) is 1.72. The number of hydrogen-bond acceptors (Lipinski definition) is 4. The molecule has 3 N–H and O–H groups in total. The molecule has 0 saturated heterocycles. The molecule has 0 unspecified atom stereocenters. The molecule has 2 aliphatic carbocycles. The normalized spacial score (nSPS) is 16.3. The molecule has 2 aliphatic rings. The lowest BCUT2D eigenvalue weighted by molar-refractivity contribution is -0.139. The second-order valence-corrected chi connectivity index (χ2v) is 9.68. The predicted octanol–water partition coefficient (Wildman–Crippen LogP) is 4.20. The lowest BCUT2D eigenvalue weighted by atomic mass is 9.98. The molecule has 2 saturated carbocycles. The Bertz CT molecular complexity index is 1310. The third kappa shape index (κ3) is 6.82. The molecule has 39 heavy (non-hydrogen) atoms. The molecule has 13 heteroatoms. The summed E-state index contributed by atoms with van der Waals surface area (Å²) in [6, 6.07) is 2.30. The third-order valence-electron chi connectivity index (χ3n) is 6.69. The number of carbonyl (C=O) groups is 3. The van der Waals surface area contributed by atoms with Crippen LogP contribution in [-0.2, 0) is 16.1 Å². The van der Waals surface area contributed by atoms with Gasteiger partial charge in [-0.2, -0.15) is 18.3 Å². The lowest BCUT2D eigenvalue weighted by Gasteiger charge is -2.22. The number of aryl methyl sites for hydroxylation is 1. The first-order valence-electron chi connectivity index (χ1n) is 12.6. The second kappa shape index (κ2) is 11.1. The quantitative estimate of drug-likeness (QED) is 0.303. The van der Waals surface area contributed by atoms with Crippen molar-refractivity contribution in [1.82, 2.24) is 20.4 Å². The summed E-state index contributed by atoms with van der Waals surface area (Å²) in [7, 11) is 0.